The number of rotatable bonds is 8. The van der Waals surface area contributed by atoms with Gasteiger partial charge in [0.05, 0.1) is 31.1 Å². The Hall–Kier alpha value is -2.22. The summed E-state index contributed by atoms with van der Waals surface area (Å²) in [4.78, 5) is 28.8. The minimum Gasteiger partial charge on any atom is -0.354 e. The fraction of sp³-hybridized carbons (Fsp3) is 0.478. The predicted octanol–water partition coefficient (Wildman–Crippen LogP) is -0.00260. The summed E-state index contributed by atoms with van der Waals surface area (Å²) in [6.45, 7) is 8.39. The molecule has 0 spiro atoms. The average molecular weight is 431 g/mol. The summed E-state index contributed by atoms with van der Waals surface area (Å²) >= 11 is 1.73. The molecule has 1 atom stereocenters. The second-order valence-corrected chi connectivity index (χ2v) is 9.21. The summed E-state index contributed by atoms with van der Waals surface area (Å²) in [6.07, 6.45) is 0. The van der Waals surface area contributed by atoms with Crippen molar-refractivity contribution in [1.82, 2.24) is 10.2 Å². The number of thiophene rings is 1. The molecule has 0 bridgehead atoms. The monoisotopic (exact) mass is 430 g/mol. The molecule has 1 aliphatic heterocycles. The smallest absolute Gasteiger partial charge is 0.278 e. The summed E-state index contributed by atoms with van der Waals surface area (Å²) in [5, 5.41) is 6.92. The summed E-state index contributed by atoms with van der Waals surface area (Å²) in [5.41, 5.74) is 2.56. The van der Waals surface area contributed by atoms with Crippen LogP contribution in [0.1, 0.15) is 41.8 Å². The van der Waals surface area contributed by atoms with Crippen LogP contribution < -0.4 is 15.5 Å². The quantitative estimate of drug-likeness (QED) is 0.552. The lowest BCUT2D eigenvalue weighted by molar-refractivity contribution is -0.896. The molecule has 30 heavy (non-hydrogen) atoms. The highest BCUT2D eigenvalue weighted by atomic mass is 32.1. The number of nitrogens with two attached hydrogens (primary N) is 1. The third-order valence-electron chi connectivity index (χ3n) is 5.85. The SMILES string of the molecule is CNC(=O)C[NH+]1CCN(C(=O)C[NH2+][C@@H](c2ccc(C(C)C)cc2)c2cccs2)CC1. The summed E-state index contributed by atoms with van der Waals surface area (Å²) in [5.74, 6) is 0.740. The van der Waals surface area contributed by atoms with Crippen molar-refractivity contribution >= 4 is 23.2 Å². The van der Waals surface area contributed by atoms with E-state index in [1.807, 2.05) is 4.90 Å². The molecule has 2 heterocycles. The third kappa shape index (κ3) is 5.90. The second kappa shape index (κ2) is 10.7. The maximum Gasteiger partial charge on any atom is 0.278 e. The number of nitrogens with one attached hydrogen (secondary N) is 2. The summed E-state index contributed by atoms with van der Waals surface area (Å²) in [7, 11) is 1.66. The fourth-order valence-corrected chi connectivity index (χ4v) is 4.74. The molecule has 1 aromatic carbocycles. The molecule has 3 rings (SSSR count). The van der Waals surface area contributed by atoms with Crippen molar-refractivity contribution in [1.29, 1.82) is 0 Å². The van der Waals surface area contributed by atoms with Crippen LogP contribution >= 0.6 is 11.3 Å². The van der Waals surface area contributed by atoms with E-state index in [4.69, 9.17) is 0 Å². The standard InChI is InChI=1S/C23H32N4O2S/c1-17(2)18-6-8-19(9-7-18)23(20-5-4-14-30-20)25-15-22(29)27-12-10-26(11-13-27)16-21(28)24-3/h4-9,14,17,23,25H,10-13,15-16H2,1-3H3,(H,24,28)/p+2/t23-/m0/s1. The van der Waals surface area contributed by atoms with Crippen molar-refractivity contribution in [3.05, 3.63) is 57.8 Å². The molecule has 6 nitrogen and oxygen atoms in total. The van der Waals surface area contributed by atoms with Crippen LogP contribution in [0.3, 0.4) is 0 Å². The number of quaternary nitrogens is 2. The van der Waals surface area contributed by atoms with Crippen molar-refractivity contribution in [2.24, 2.45) is 0 Å². The molecule has 0 saturated carbocycles. The van der Waals surface area contributed by atoms with Gasteiger partial charge < -0.3 is 20.4 Å². The zero-order valence-corrected chi connectivity index (χ0v) is 19.0. The van der Waals surface area contributed by atoms with Gasteiger partial charge in [0.15, 0.2) is 13.1 Å². The Morgan fingerprint density at radius 3 is 2.37 bits per heavy atom. The molecule has 0 aliphatic carbocycles. The first-order valence-electron chi connectivity index (χ1n) is 10.8. The van der Waals surface area contributed by atoms with Crippen LogP contribution in [-0.2, 0) is 9.59 Å². The lowest BCUT2D eigenvalue weighted by Gasteiger charge is -2.31. The van der Waals surface area contributed by atoms with E-state index in [2.05, 4.69) is 66.3 Å². The molecule has 0 radical (unpaired) electrons. The largest absolute Gasteiger partial charge is 0.354 e. The average Bonchev–Trinajstić information content (AvgIpc) is 3.29. The van der Waals surface area contributed by atoms with Gasteiger partial charge in [-0.15, -0.1) is 11.3 Å². The van der Waals surface area contributed by atoms with Crippen molar-refractivity contribution in [2.45, 2.75) is 25.8 Å². The van der Waals surface area contributed by atoms with Crippen LogP contribution in [0.2, 0.25) is 0 Å². The maximum atomic E-state index is 12.8. The normalized spacial score (nSPS) is 15.9. The van der Waals surface area contributed by atoms with Crippen molar-refractivity contribution in [3.8, 4) is 0 Å². The Bertz CT molecular complexity index is 812. The van der Waals surface area contributed by atoms with E-state index >= 15 is 0 Å². The predicted molar refractivity (Wildman–Crippen MR) is 120 cm³/mol. The van der Waals surface area contributed by atoms with Crippen LogP contribution in [0.5, 0.6) is 0 Å². The zero-order valence-electron chi connectivity index (χ0n) is 18.2. The third-order valence-corrected chi connectivity index (χ3v) is 6.81. The van der Waals surface area contributed by atoms with Gasteiger partial charge in [-0.2, -0.15) is 0 Å². The van der Waals surface area contributed by atoms with Gasteiger partial charge in [-0.05, 0) is 22.9 Å². The molecule has 1 saturated heterocycles. The number of piperazine rings is 1. The molecular weight excluding hydrogens is 396 g/mol. The number of carbonyl (C=O) groups excluding carboxylic acids is 2. The van der Waals surface area contributed by atoms with Gasteiger partial charge in [0.1, 0.15) is 6.04 Å². The van der Waals surface area contributed by atoms with E-state index in [0.717, 1.165) is 13.1 Å². The summed E-state index contributed by atoms with van der Waals surface area (Å²) < 4.78 is 0. The second-order valence-electron chi connectivity index (χ2n) is 8.24. The number of benzene rings is 1. The first-order chi connectivity index (χ1) is 14.5. The Balaban J connectivity index is 1.58. The van der Waals surface area contributed by atoms with Gasteiger partial charge >= 0.3 is 0 Å². The molecule has 1 aliphatic rings. The van der Waals surface area contributed by atoms with Crippen LogP contribution in [0.15, 0.2) is 41.8 Å². The molecule has 1 fully saturated rings. The maximum absolute atomic E-state index is 12.8. The molecule has 2 amide bonds. The van der Waals surface area contributed by atoms with E-state index in [9.17, 15) is 9.59 Å². The van der Waals surface area contributed by atoms with Crippen LogP contribution in [-0.4, -0.2) is 63.0 Å². The van der Waals surface area contributed by atoms with Gasteiger partial charge in [-0.3, -0.25) is 9.59 Å². The minimum absolute atomic E-state index is 0.0559. The molecular formula is C23H34N4O2S+2. The van der Waals surface area contributed by atoms with E-state index in [1.165, 1.54) is 20.9 Å². The van der Waals surface area contributed by atoms with E-state index < -0.39 is 0 Å². The molecule has 4 N–H and O–H groups in total. The highest BCUT2D eigenvalue weighted by Gasteiger charge is 2.27. The van der Waals surface area contributed by atoms with Gasteiger partial charge in [-0.1, -0.05) is 44.2 Å². The van der Waals surface area contributed by atoms with Gasteiger partial charge in [0.25, 0.3) is 11.8 Å². The van der Waals surface area contributed by atoms with Crippen LogP contribution in [0, 0.1) is 0 Å². The number of hydrogen-bond donors (Lipinski definition) is 3. The number of hydrogen-bond acceptors (Lipinski definition) is 3. The summed E-state index contributed by atoms with van der Waals surface area (Å²) in [6, 6.07) is 13.1. The van der Waals surface area contributed by atoms with Gasteiger partial charge in [0.2, 0.25) is 0 Å². The molecule has 0 unspecified atom stereocenters. The lowest BCUT2D eigenvalue weighted by Crippen LogP contribution is -3.16. The highest BCUT2D eigenvalue weighted by Crippen LogP contribution is 2.24. The molecule has 162 valence electrons. The first kappa shape index (κ1) is 22.5. The highest BCUT2D eigenvalue weighted by molar-refractivity contribution is 7.10. The van der Waals surface area contributed by atoms with Crippen molar-refractivity contribution < 1.29 is 19.8 Å². The first-order valence-corrected chi connectivity index (χ1v) is 11.6. The van der Waals surface area contributed by atoms with Crippen LogP contribution in [0.4, 0.5) is 0 Å². The molecule has 2 aromatic rings. The van der Waals surface area contributed by atoms with Gasteiger partial charge in [-0.25, -0.2) is 0 Å². The number of amides is 2. The lowest BCUT2D eigenvalue weighted by atomic mass is 9.98. The number of nitrogens with zero attached hydrogens (tertiary/aromatic N) is 1. The topological polar surface area (TPSA) is 70.5 Å². The van der Waals surface area contributed by atoms with E-state index in [1.54, 1.807) is 18.4 Å². The number of carbonyl (C=O) groups is 2. The van der Waals surface area contributed by atoms with Crippen molar-refractivity contribution in [3.63, 3.8) is 0 Å². The van der Waals surface area contributed by atoms with Crippen LogP contribution in [0.25, 0.3) is 0 Å². The molecule has 7 heteroatoms. The fourth-order valence-electron chi connectivity index (χ4n) is 3.89. The Kier molecular flexibility index (Phi) is 8.01. The number of likely N-dealkylation sites (N-methyl/N-ethyl adjacent to an activating group) is 1. The minimum atomic E-state index is 0.0559. The van der Waals surface area contributed by atoms with E-state index in [0.29, 0.717) is 32.1 Å². The van der Waals surface area contributed by atoms with Gasteiger partial charge in [0, 0.05) is 12.6 Å². The Labute approximate surface area is 183 Å². The van der Waals surface area contributed by atoms with E-state index in [-0.39, 0.29) is 17.9 Å². The zero-order chi connectivity index (χ0) is 21.5. The molecule has 1 aromatic heterocycles. The van der Waals surface area contributed by atoms with Crippen molar-refractivity contribution in [2.75, 3.05) is 46.3 Å². The Morgan fingerprint density at radius 2 is 1.80 bits per heavy atom. The Morgan fingerprint density at radius 1 is 1.13 bits per heavy atom.